The minimum atomic E-state index is -4.37. The Morgan fingerprint density at radius 2 is 2.00 bits per heavy atom. The van der Waals surface area contributed by atoms with Gasteiger partial charge in [-0.3, -0.25) is 9.89 Å². The maximum atomic E-state index is 13.5. The average molecular weight is 392 g/mol. The molecule has 2 aromatic rings. The molecule has 0 bridgehead atoms. The summed E-state index contributed by atoms with van der Waals surface area (Å²) in [6.07, 6.45) is -2.57. The molecule has 0 atom stereocenters. The number of amides is 1. The number of hydrogen-bond donors (Lipinski definition) is 2. The monoisotopic (exact) mass is 392 g/mol. The van der Waals surface area contributed by atoms with E-state index in [1.54, 1.807) is 17.0 Å². The average Bonchev–Trinajstić information content (AvgIpc) is 3.10. The predicted octanol–water partition coefficient (Wildman–Crippen LogP) is 3.40. The van der Waals surface area contributed by atoms with E-state index in [4.69, 9.17) is 0 Å². The number of carbonyl (C=O) groups is 1. The molecule has 0 saturated carbocycles. The third kappa shape index (κ3) is 3.41. The van der Waals surface area contributed by atoms with Crippen molar-refractivity contribution in [2.75, 3.05) is 19.6 Å². The summed E-state index contributed by atoms with van der Waals surface area (Å²) < 4.78 is 40.6. The fraction of sp³-hybridized carbons (Fsp3) is 0.500. The SMILES string of the molecule is Cc1cccc(C2CCN(C(=O)c3n[nH]c4c3CCNC4)CC2)c1C(F)(F)F. The predicted molar refractivity (Wildman–Crippen MR) is 98.1 cm³/mol. The number of hydrogen-bond acceptors (Lipinski definition) is 3. The van der Waals surface area contributed by atoms with Crippen LogP contribution in [0.4, 0.5) is 13.2 Å². The van der Waals surface area contributed by atoms with Gasteiger partial charge in [-0.15, -0.1) is 0 Å². The molecule has 0 unspecified atom stereocenters. The molecule has 3 heterocycles. The van der Waals surface area contributed by atoms with Crippen LogP contribution in [-0.4, -0.2) is 40.6 Å². The van der Waals surface area contributed by atoms with Crippen LogP contribution >= 0.6 is 0 Å². The first-order valence-corrected chi connectivity index (χ1v) is 9.59. The molecule has 2 aliphatic heterocycles. The van der Waals surface area contributed by atoms with Gasteiger partial charge in [0.15, 0.2) is 5.69 Å². The Labute approximate surface area is 161 Å². The molecule has 150 valence electrons. The van der Waals surface area contributed by atoms with E-state index in [9.17, 15) is 18.0 Å². The van der Waals surface area contributed by atoms with E-state index in [-0.39, 0.29) is 17.4 Å². The zero-order valence-electron chi connectivity index (χ0n) is 15.7. The van der Waals surface area contributed by atoms with Crippen LogP contribution in [0.3, 0.4) is 0 Å². The summed E-state index contributed by atoms with van der Waals surface area (Å²) in [6, 6.07) is 4.76. The summed E-state index contributed by atoms with van der Waals surface area (Å²) in [4.78, 5) is 14.6. The molecule has 1 aromatic carbocycles. The van der Waals surface area contributed by atoms with Crippen LogP contribution in [0.25, 0.3) is 0 Å². The highest BCUT2D eigenvalue weighted by Gasteiger charge is 2.38. The Kier molecular flexibility index (Phi) is 4.91. The molecular weight excluding hydrogens is 369 g/mol. The number of piperidine rings is 1. The number of rotatable bonds is 2. The molecule has 5 nitrogen and oxygen atoms in total. The quantitative estimate of drug-likeness (QED) is 0.824. The Hall–Kier alpha value is -2.35. The highest BCUT2D eigenvalue weighted by molar-refractivity contribution is 5.94. The summed E-state index contributed by atoms with van der Waals surface area (Å²) in [6.45, 7) is 3.86. The number of nitrogens with zero attached hydrogens (tertiary/aromatic N) is 2. The first-order valence-electron chi connectivity index (χ1n) is 9.59. The number of fused-ring (bicyclic) bond motifs is 1. The van der Waals surface area contributed by atoms with E-state index in [0.717, 1.165) is 24.2 Å². The minimum Gasteiger partial charge on any atom is -0.337 e. The fourth-order valence-corrected chi connectivity index (χ4v) is 4.38. The molecule has 0 aliphatic carbocycles. The normalized spacial score (nSPS) is 18.2. The molecule has 8 heteroatoms. The van der Waals surface area contributed by atoms with E-state index in [1.165, 1.54) is 13.0 Å². The van der Waals surface area contributed by atoms with Gasteiger partial charge in [0.2, 0.25) is 0 Å². The van der Waals surface area contributed by atoms with Crippen molar-refractivity contribution < 1.29 is 18.0 Å². The molecule has 1 aromatic heterocycles. The van der Waals surface area contributed by atoms with Crippen LogP contribution in [0.2, 0.25) is 0 Å². The number of carbonyl (C=O) groups excluding carboxylic acids is 1. The van der Waals surface area contributed by atoms with E-state index in [1.807, 2.05) is 0 Å². The zero-order valence-corrected chi connectivity index (χ0v) is 15.7. The van der Waals surface area contributed by atoms with Crippen LogP contribution in [0.1, 0.15) is 57.2 Å². The number of aryl methyl sites for hydroxylation is 1. The standard InChI is InChI=1S/C20H23F3N4O/c1-12-3-2-4-14(17(12)20(21,22)23)13-6-9-27(10-7-13)19(28)18-15-5-8-24-11-16(15)25-26-18/h2-4,13,24H,5-11H2,1H3,(H,25,26). The topological polar surface area (TPSA) is 61.0 Å². The van der Waals surface area contributed by atoms with Crippen molar-refractivity contribution >= 4 is 5.91 Å². The van der Waals surface area contributed by atoms with Crippen molar-refractivity contribution in [2.24, 2.45) is 0 Å². The highest BCUT2D eigenvalue weighted by Crippen LogP contribution is 2.40. The van der Waals surface area contributed by atoms with Gasteiger partial charge < -0.3 is 10.2 Å². The lowest BCUT2D eigenvalue weighted by Crippen LogP contribution is -2.39. The minimum absolute atomic E-state index is 0.127. The summed E-state index contributed by atoms with van der Waals surface area (Å²) in [7, 11) is 0. The molecule has 0 spiro atoms. The van der Waals surface area contributed by atoms with Crippen molar-refractivity contribution in [1.82, 2.24) is 20.4 Å². The van der Waals surface area contributed by atoms with Crippen molar-refractivity contribution in [2.45, 2.75) is 44.8 Å². The second-order valence-corrected chi connectivity index (χ2v) is 7.56. The molecule has 2 aliphatic rings. The van der Waals surface area contributed by atoms with E-state index in [0.29, 0.717) is 43.7 Å². The van der Waals surface area contributed by atoms with Gasteiger partial charge >= 0.3 is 6.18 Å². The molecule has 1 amide bonds. The third-order valence-electron chi connectivity index (χ3n) is 5.82. The third-order valence-corrected chi connectivity index (χ3v) is 5.82. The van der Waals surface area contributed by atoms with Crippen LogP contribution in [0, 0.1) is 6.92 Å². The van der Waals surface area contributed by atoms with Crippen LogP contribution in [0.5, 0.6) is 0 Å². The largest absolute Gasteiger partial charge is 0.416 e. The molecule has 4 rings (SSSR count). The summed E-state index contributed by atoms with van der Waals surface area (Å²) >= 11 is 0. The van der Waals surface area contributed by atoms with Gasteiger partial charge in [0.1, 0.15) is 0 Å². The number of alkyl halides is 3. The van der Waals surface area contributed by atoms with E-state index in [2.05, 4.69) is 15.5 Å². The Bertz CT molecular complexity index is 882. The van der Waals surface area contributed by atoms with Gasteiger partial charge in [0.25, 0.3) is 5.91 Å². The van der Waals surface area contributed by atoms with Gasteiger partial charge in [-0.25, -0.2) is 0 Å². The Morgan fingerprint density at radius 1 is 1.25 bits per heavy atom. The Morgan fingerprint density at radius 3 is 2.71 bits per heavy atom. The lowest BCUT2D eigenvalue weighted by molar-refractivity contribution is -0.139. The number of benzene rings is 1. The van der Waals surface area contributed by atoms with E-state index < -0.39 is 11.7 Å². The number of aromatic amines is 1. The van der Waals surface area contributed by atoms with Gasteiger partial charge in [0, 0.05) is 25.2 Å². The smallest absolute Gasteiger partial charge is 0.337 e. The van der Waals surface area contributed by atoms with Crippen molar-refractivity contribution in [1.29, 1.82) is 0 Å². The fourth-order valence-electron chi connectivity index (χ4n) is 4.38. The lowest BCUT2D eigenvalue weighted by Gasteiger charge is -2.33. The number of H-pyrrole nitrogens is 1. The number of nitrogens with one attached hydrogen (secondary N) is 2. The van der Waals surface area contributed by atoms with E-state index >= 15 is 0 Å². The van der Waals surface area contributed by atoms with Crippen molar-refractivity contribution in [3.8, 4) is 0 Å². The van der Waals surface area contributed by atoms with Crippen LogP contribution in [-0.2, 0) is 19.1 Å². The number of likely N-dealkylation sites (tertiary alicyclic amines) is 1. The zero-order chi connectivity index (χ0) is 19.9. The lowest BCUT2D eigenvalue weighted by atomic mass is 9.84. The maximum Gasteiger partial charge on any atom is 0.416 e. The van der Waals surface area contributed by atoms with Crippen molar-refractivity contribution in [3.63, 3.8) is 0 Å². The second kappa shape index (κ2) is 7.24. The van der Waals surface area contributed by atoms with Gasteiger partial charge in [-0.1, -0.05) is 18.2 Å². The first kappa shape index (κ1) is 19.0. The molecule has 1 saturated heterocycles. The number of aromatic nitrogens is 2. The summed E-state index contributed by atoms with van der Waals surface area (Å²) in [5.41, 5.74) is 2.45. The van der Waals surface area contributed by atoms with Crippen LogP contribution < -0.4 is 5.32 Å². The first-order chi connectivity index (χ1) is 13.4. The van der Waals surface area contributed by atoms with Gasteiger partial charge in [-0.05, 0) is 49.8 Å². The molecule has 28 heavy (non-hydrogen) atoms. The van der Waals surface area contributed by atoms with Crippen molar-refractivity contribution in [3.05, 3.63) is 51.8 Å². The van der Waals surface area contributed by atoms with Gasteiger partial charge in [-0.2, -0.15) is 18.3 Å². The molecule has 1 fully saturated rings. The summed E-state index contributed by atoms with van der Waals surface area (Å²) in [5.74, 6) is -0.323. The highest BCUT2D eigenvalue weighted by atomic mass is 19.4. The van der Waals surface area contributed by atoms with Crippen LogP contribution in [0.15, 0.2) is 18.2 Å². The molecule has 2 N–H and O–H groups in total. The maximum absolute atomic E-state index is 13.5. The molecular formula is C20H23F3N4O. The number of halogens is 3. The Balaban J connectivity index is 1.49. The molecule has 0 radical (unpaired) electrons. The second-order valence-electron chi connectivity index (χ2n) is 7.56. The summed E-state index contributed by atoms with van der Waals surface area (Å²) in [5, 5.41) is 10.4. The van der Waals surface area contributed by atoms with Gasteiger partial charge in [0.05, 0.1) is 11.3 Å².